The van der Waals surface area contributed by atoms with Crippen LogP contribution < -0.4 is 10.2 Å². The molecule has 0 amide bonds. The van der Waals surface area contributed by atoms with Crippen molar-refractivity contribution in [2.24, 2.45) is 4.99 Å². The first kappa shape index (κ1) is 13.2. The minimum absolute atomic E-state index is 0.280. The monoisotopic (exact) mass is 253 g/mol. The summed E-state index contributed by atoms with van der Waals surface area (Å²) >= 11 is 0. The van der Waals surface area contributed by atoms with Gasteiger partial charge in [0, 0.05) is 11.8 Å². The predicted octanol–water partition coefficient (Wildman–Crippen LogP) is 1.72. The molecule has 2 rings (SSSR count). The molecule has 0 radical (unpaired) electrons. The van der Waals surface area contributed by atoms with E-state index in [2.05, 4.69) is 4.99 Å². The van der Waals surface area contributed by atoms with Crippen molar-refractivity contribution in [3.8, 4) is 11.5 Å². The Kier molecular flexibility index (Phi) is 3.90. The molecule has 96 valence electrons. The minimum Gasteiger partial charge on any atom is -0.508 e. The normalized spacial score (nSPS) is 10.8. The van der Waals surface area contributed by atoms with Gasteiger partial charge in [0.2, 0.25) is 0 Å². The quantitative estimate of drug-likeness (QED) is 0.668. The van der Waals surface area contributed by atoms with Gasteiger partial charge in [0.1, 0.15) is 19.3 Å². The lowest BCUT2D eigenvalue weighted by molar-refractivity contribution is 0.415. The van der Waals surface area contributed by atoms with Crippen LogP contribution in [0.25, 0.3) is 0 Å². The number of nitrogens with zero attached hydrogens (tertiary/aromatic N) is 1. The van der Waals surface area contributed by atoms with Crippen molar-refractivity contribution in [3.05, 3.63) is 47.5 Å². The third-order valence-electron chi connectivity index (χ3n) is 2.90. The van der Waals surface area contributed by atoms with Crippen molar-refractivity contribution in [1.29, 1.82) is 0 Å². The molecule has 19 heavy (non-hydrogen) atoms. The van der Waals surface area contributed by atoms with E-state index >= 15 is 0 Å². The third kappa shape index (κ3) is 3.16. The highest BCUT2D eigenvalue weighted by Crippen LogP contribution is 2.19. The van der Waals surface area contributed by atoms with Crippen LogP contribution in [0.3, 0.4) is 0 Å². The Labute approximate surface area is 114 Å². The fourth-order valence-corrected chi connectivity index (χ4v) is 1.90. The molecule has 0 aromatic heterocycles. The lowest BCUT2D eigenvalue weighted by atomic mass is 9.91. The number of aliphatic imine (C=N–C) groups is 1. The van der Waals surface area contributed by atoms with Crippen molar-refractivity contribution in [1.82, 2.24) is 0 Å². The molecular formula is C15H16BNO2. The van der Waals surface area contributed by atoms with E-state index in [-0.39, 0.29) is 5.75 Å². The number of aromatic hydroxyl groups is 1. The summed E-state index contributed by atoms with van der Waals surface area (Å²) in [7, 11) is 3.51. The molecule has 0 bridgehead atoms. The summed E-state index contributed by atoms with van der Waals surface area (Å²) in [5, 5.41) is 9.97. The van der Waals surface area contributed by atoms with Gasteiger partial charge in [0.05, 0.1) is 12.8 Å². The molecule has 2 aromatic rings. The highest BCUT2D eigenvalue weighted by atomic mass is 16.5. The van der Waals surface area contributed by atoms with E-state index in [1.54, 1.807) is 13.3 Å². The molecule has 0 heterocycles. The second-order valence-corrected chi connectivity index (χ2v) is 4.48. The van der Waals surface area contributed by atoms with Gasteiger partial charge in [-0.1, -0.05) is 11.6 Å². The minimum atomic E-state index is 0.280. The summed E-state index contributed by atoms with van der Waals surface area (Å²) in [5.74, 6) is 1.08. The lowest BCUT2D eigenvalue weighted by Gasteiger charge is -2.05. The van der Waals surface area contributed by atoms with Crippen LogP contribution >= 0.6 is 0 Å². The van der Waals surface area contributed by atoms with Gasteiger partial charge in [-0.3, -0.25) is 4.99 Å². The zero-order chi connectivity index (χ0) is 13.8. The molecule has 0 aliphatic rings. The molecular weight excluding hydrogens is 237 g/mol. The molecule has 0 spiro atoms. The molecule has 0 aliphatic heterocycles. The fraction of sp³-hybridized carbons (Fsp3) is 0.133. The van der Waals surface area contributed by atoms with Crippen LogP contribution in [0, 0.1) is 6.92 Å². The summed E-state index contributed by atoms with van der Waals surface area (Å²) in [4.78, 5) is 4.35. The van der Waals surface area contributed by atoms with E-state index < -0.39 is 0 Å². The average molecular weight is 253 g/mol. The van der Waals surface area contributed by atoms with Crippen molar-refractivity contribution in [2.75, 3.05) is 7.11 Å². The maximum Gasteiger partial charge on any atom is 0.144 e. The van der Waals surface area contributed by atoms with Gasteiger partial charge in [-0.2, -0.15) is 0 Å². The number of phenols is 1. The molecule has 0 aliphatic carbocycles. The zero-order valence-electron chi connectivity index (χ0n) is 11.3. The van der Waals surface area contributed by atoms with E-state index in [1.807, 2.05) is 51.2 Å². The van der Waals surface area contributed by atoms with Crippen LogP contribution in [0.2, 0.25) is 0 Å². The van der Waals surface area contributed by atoms with Crippen LogP contribution in [0.5, 0.6) is 11.5 Å². The summed E-state index contributed by atoms with van der Waals surface area (Å²) in [6, 6.07) is 11.3. The lowest BCUT2D eigenvalue weighted by Crippen LogP contribution is -2.06. The van der Waals surface area contributed by atoms with Crippen molar-refractivity contribution in [3.63, 3.8) is 0 Å². The largest absolute Gasteiger partial charge is 0.508 e. The molecule has 3 nitrogen and oxygen atoms in total. The Morgan fingerprint density at radius 3 is 2.53 bits per heavy atom. The summed E-state index contributed by atoms with van der Waals surface area (Å²) in [6.45, 7) is 2.00. The molecule has 4 heteroatoms. The summed E-state index contributed by atoms with van der Waals surface area (Å²) < 4.78 is 5.09. The van der Waals surface area contributed by atoms with Crippen molar-refractivity contribution in [2.45, 2.75) is 6.92 Å². The molecule has 0 unspecified atom stereocenters. The van der Waals surface area contributed by atoms with Gasteiger partial charge in [-0.05, 0) is 42.7 Å². The van der Waals surface area contributed by atoms with E-state index in [1.165, 1.54) is 0 Å². The van der Waals surface area contributed by atoms with Crippen LogP contribution in [-0.2, 0) is 0 Å². The number of benzene rings is 2. The second kappa shape index (κ2) is 5.61. The SMILES string of the molecule is Bc1cc(C)cc(/C=N/c2ccc(OC)cc2)c1O. The number of hydrogen-bond donors (Lipinski definition) is 1. The predicted molar refractivity (Wildman–Crippen MR) is 81.3 cm³/mol. The Balaban J connectivity index is 2.27. The Morgan fingerprint density at radius 2 is 1.89 bits per heavy atom. The first-order chi connectivity index (χ1) is 9.10. The van der Waals surface area contributed by atoms with Crippen LogP contribution in [-0.4, -0.2) is 26.3 Å². The highest BCUT2D eigenvalue weighted by molar-refractivity contribution is 6.34. The van der Waals surface area contributed by atoms with Crippen LogP contribution in [0.15, 0.2) is 41.4 Å². The van der Waals surface area contributed by atoms with E-state index in [0.717, 1.165) is 28.0 Å². The van der Waals surface area contributed by atoms with E-state index in [4.69, 9.17) is 4.74 Å². The molecule has 0 atom stereocenters. The Hall–Kier alpha value is -2.23. The fourth-order valence-electron chi connectivity index (χ4n) is 1.90. The van der Waals surface area contributed by atoms with Crippen LogP contribution in [0.4, 0.5) is 5.69 Å². The number of aryl methyl sites for hydroxylation is 1. The highest BCUT2D eigenvalue weighted by Gasteiger charge is 2.03. The van der Waals surface area contributed by atoms with E-state index in [9.17, 15) is 5.11 Å². The van der Waals surface area contributed by atoms with Crippen molar-refractivity contribution >= 4 is 25.2 Å². The van der Waals surface area contributed by atoms with Crippen LogP contribution in [0.1, 0.15) is 11.1 Å². The van der Waals surface area contributed by atoms with Gasteiger partial charge in [-0.15, -0.1) is 0 Å². The molecule has 0 fully saturated rings. The standard InChI is InChI=1S/C15H16BNO2/c1-10-7-11(15(18)14(16)8-10)9-17-12-3-5-13(19-2)6-4-12/h3-9,18H,16H2,1-2H3/b17-9+. The maximum absolute atomic E-state index is 9.97. The van der Waals surface area contributed by atoms with E-state index in [0.29, 0.717) is 0 Å². The second-order valence-electron chi connectivity index (χ2n) is 4.48. The topological polar surface area (TPSA) is 41.8 Å². The first-order valence-electron chi connectivity index (χ1n) is 6.08. The number of rotatable bonds is 3. The summed E-state index contributed by atoms with van der Waals surface area (Å²) in [6.07, 6.45) is 1.68. The zero-order valence-corrected chi connectivity index (χ0v) is 11.3. The molecule has 1 N–H and O–H groups in total. The number of ether oxygens (including phenoxy) is 1. The first-order valence-corrected chi connectivity index (χ1v) is 6.08. The number of methoxy groups -OCH3 is 1. The summed E-state index contributed by atoms with van der Waals surface area (Å²) in [5.41, 5.74) is 3.51. The Bertz CT molecular complexity index is 606. The van der Waals surface area contributed by atoms with Crippen molar-refractivity contribution < 1.29 is 9.84 Å². The Morgan fingerprint density at radius 1 is 1.21 bits per heavy atom. The van der Waals surface area contributed by atoms with Gasteiger partial charge >= 0.3 is 0 Å². The molecule has 0 saturated carbocycles. The average Bonchev–Trinajstić information content (AvgIpc) is 2.41. The molecule has 2 aromatic carbocycles. The van der Waals surface area contributed by atoms with Gasteiger partial charge < -0.3 is 9.84 Å². The third-order valence-corrected chi connectivity index (χ3v) is 2.90. The van der Waals surface area contributed by atoms with Gasteiger partial charge in [-0.25, -0.2) is 0 Å². The number of phenolic OH excluding ortho intramolecular Hbond substituents is 1. The smallest absolute Gasteiger partial charge is 0.144 e. The maximum atomic E-state index is 9.97. The van der Waals surface area contributed by atoms with Gasteiger partial charge in [0.25, 0.3) is 0 Å². The molecule has 0 saturated heterocycles. The number of hydrogen-bond acceptors (Lipinski definition) is 3. The van der Waals surface area contributed by atoms with Gasteiger partial charge in [0.15, 0.2) is 0 Å².